The van der Waals surface area contributed by atoms with Gasteiger partial charge in [0.05, 0.1) is 11.1 Å². The first-order valence-corrected chi connectivity index (χ1v) is 11.1. The molecule has 2 heterocycles. The van der Waals surface area contributed by atoms with E-state index < -0.39 is 10.0 Å². The largest absolute Gasteiger partial charge is 0.365 e. The minimum absolute atomic E-state index is 0.177. The summed E-state index contributed by atoms with van der Waals surface area (Å²) < 4.78 is 22.6. The lowest BCUT2D eigenvalue weighted by molar-refractivity contribution is 0.597. The third-order valence-electron chi connectivity index (χ3n) is 4.21. The Balaban J connectivity index is 1.57. The Labute approximate surface area is 167 Å². The summed E-state index contributed by atoms with van der Waals surface area (Å²) in [5, 5.41) is 9.43. The second-order valence-electron chi connectivity index (χ2n) is 6.40. The molecule has 0 unspecified atom stereocenters. The highest BCUT2D eigenvalue weighted by atomic mass is 32.2. The summed E-state index contributed by atoms with van der Waals surface area (Å²) in [7, 11) is -3.55. The van der Waals surface area contributed by atoms with Crippen LogP contribution in [0.4, 0.5) is 5.82 Å². The van der Waals surface area contributed by atoms with Gasteiger partial charge in [-0.2, -0.15) is 0 Å². The van der Waals surface area contributed by atoms with Crippen LogP contribution in [-0.2, 0) is 22.3 Å². The van der Waals surface area contributed by atoms with Gasteiger partial charge in [-0.1, -0.05) is 54.6 Å². The monoisotopic (exact) mass is 410 g/mol. The van der Waals surface area contributed by atoms with E-state index in [9.17, 15) is 8.42 Å². The highest BCUT2D eigenvalue weighted by Gasteiger charge is 2.10. The fourth-order valence-corrected chi connectivity index (χ4v) is 4.64. The van der Waals surface area contributed by atoms with Gasteiger partial charge in [0, 0.05) is 11.4 Å². The number of nitrogens with zero attached hydrogens (tertiary/aromatic N) is 2. The summed E-state index contributed by atoms with van der Waals surface area (Å²) in [4.78, 5) is 10.8. The third kappa shape index (κ3) is 4.36. The molecular weight excluding hydrogens is 392 g/mol. The number of nitrogens with two attached hydrogens (primary N) is 1. The SMILES string of the molecule is NS(=O)(=O)Cc1cccc(CNc2ncnc3sc(-c4ccccc4)cc23)c1. The number of thiophene rings is 1. The molecule has 0 spiro atoms. The number of anilines is 1. The van der Waals surface area contributed by atoms with Crippen LogP contribution in [0.3, 0.4) is 0 Å². The minimum atomic E-state index is -3.55. The summed E-state index contributed by atoms with van der Waals surface area (Å²) in [6, 6.07) is 19.6. The van der Waals surface area contributed by atoms with Gasteiger partial charge in [-0.3, -0.25) is 0 Å². The molecule has 0 aliphatic heterocycles. The Morgan fingerprint density at radius 1 is 0.964 bits per heavy atom. The van der Waals surface area contributed by atoms with Gasteiger partial charge in [-0.25, -0.2) is 23.5 Å². The van der Waals surface area contributed by atoms with Gasteiger partial charge >= 0.3 is 0 Å². The van der Waals surface area contributed by atoms with Crippen molar-refractivity contribution in [3.8, 4) is 10.4 Å². The van der Waals surface area contributed by atoms with Crippen LogP contribution in [-0.4, -0.2) is 18.4 Å². The van der Waals surface area contributed by atoms with E-state index in [0.29, 0.717) is 12.1 Å². The van der Waals surface area contributed by atoms with E-state index in [1.54, 1.807) is 23.7 Å². The number of benzene rings is 2. The third-order valence-corrected chi connectivity index (χ3v) is 6.03. The average Bonchev–Trinajstić information content (AvgIpc) is 3.11. The molecule has 0 atom stereocenters. The number of aromatic nitrogens is 2. The summed E-state index contributed by atoms with van der Waals surface area (Å²) in [5.74, 6) is 0.573. The number of sulfonamides is 1. The van der Waals surface area contributed by atoms with Crippen molar-refractivity contribution < 1.29 is 8.42 Å². The van der Waals surface area contributed by atoms with Gasteiger partial charge in [-0.15, -0.1) is 11.3 Å². The van der Waals surface area contributed by atoms with Crippen molar-refractivity contribution in [2.45, 2.75) is 12.3 Å². The van der Waals surface area contributed by atoms with Gasteiger partial charge in [-0.05, 0) is 22.8 Å². The Morgan fingerprint density at radius 3 is 2.54 bits per heavy atom. The molecule has 8 heteroatoms. The molecule has 0 bridgehead atoms. The van der Waals surface area contributed by atoms with Crippen molar-refractivity contribution in [3.63, 3.8) is 0 Å². The van der Waals surface area contributed by atoms with Crippen LogP contribution < -0.4 is 10.5 Å². The second kappa shape index (κ2) is 7.67. The molecule has 0 aliphatic rings. The van der Waals surface area contributed by atoms with Crippen LogP contribution in [0.15, 0.2) is 67.0 Å². The van der Waals surface area contributed by atoms with E-state index in [-0.39, 0.29) is 5.75 Å². The zero-order valence-corrected chi connectivity index (χ0v) is 16.5. The van der Waals surface area contributed by atoms with E-state index >= 15 is 0 Å². The first-order valence-electron chi connectivity index (χ1n) is 8.60. The Kier molecular flexibility index (Phi) is 5.08. The maximum Gasteiger partial charge on any atom is 0.213 e. The highest BCUT2D eigenvalue weighted by Crippen LogP contribution is 2.34. The summed E-state index contributed by atoms with van der Waals surface area (Å²) in [6.45, 7) is 0.515. The summed E-state index contributed by atoms with van der Waals surface area (Å²) in [6.07, 6.45) is 1.55. The van der Waals surface area contributed by atoms with Crippen LogP contribution >= 0.6 is 11.3 Å². The smallest absolute Gasteiger partial charge is 0.213 e. The molecule has 0 radical (unpaired) electrons. The van der Waals surface area contributed by atoms with E-state index in [4.69, 9.17) is 5.14 Å². The minimum Gasteiger partial charge on any atom is -0.365 e. The number of nitrogens with one attached hydrogen (secondary N) is 1. The van der Waals surface area contributed by atoms with Crippen molar-refractivity contribution >= 4 is 37.4 Å². The van der Waals surface area contributed by atoms with Crippen molar-refractivity contribution in [3.05, 3.63) is 78.1 Å². The number of primary sulfonamides is 1. The Morgan fingerprint density at radius 2 is 1.75 bits per heavy atom. The lowest BCUT2D eigenvalue weighted by Gasteiger charge is -2.08. The molecule has 0 fully saturated rings. The van der Waals surface area contributed by atoms with Crippen molar-refractivity contribution in [1.82, 2.24) is 9.97 Å². The second-order valence-corrected chi connectivity index (χ2v) is 9.04. The average molecular weight is 411 g/mol. The Bertz CT molecular complexity index is 1220. The van der Waals surface area contributed by atoms with E-state index in [1.165, 1.54) is 0 Å². The van der Waals surface area contributed by atoms with E-state index in [0.717, 1.165) is 32.0 Å². The normalized spacial score (nSPS) is 11.6. The molecule has 0 aliphatic carbocycles. The first-order chi connectivity index (χ1) is 13.5. The van der Waals surface area contributed by atoms with Gasteiger partial charge in [0.2, 0.25) is 10.0 Å². The molecule has 0 saturated heterocycles. The van der Waals surface area contributed by atoms with Gasteiger partial charge < -0.3 is 5.32 Å². The lowest BCUT2D eigenvalue weighted by atomic mass is 10.1. The molecule has 4 rings (SSSR count). The standard InChI is InChI=1S/C20H18N4O2S2/c21-28(25,26)12-15-6-4-5-14(9-15)11-22-19-17-10-18(16-7-2-1-3-8-16)27-20(17)24-13-23-19/h1-10,13H,11-12H2,(H2,21,25,26)(H,22,23,24). The molecular formula is C20H18N4O2S2. The van der Waals surface area contributed by atoms with Crippen LogP contribution in [0.5, 0.6) is 0 Å². The molecule has 2 aromatic heterocycles. The molecule has 28 heavy (non-hydrogen) atoms. The maximum absolute atomic E-state index is 11.3. The van der Waals surface area contributed by atoms with Crippen LogP contribution in [0.1, 0.15) is 11.1 Å². The molecule has 3 N–H and O–H groups in total. The zero-order valence-electron chi connectivity index (χ0n) is 14.9. The van der Waals surface area contributed by atoms with Gasteiger partial charge in [0.1, 0.15) is 17.0 Å². The molecule has 142 valence electrons. The number of hydrogen-bond donors (Lipinski definition) is 2. The lowest BCUT2D eigenvalue weighted by Crippen LogP contribution is -2.14. The van der Waals surface area contributed by atoms with Crippen molar-refractivity contribution in [1.29, 1.82) is 0 Å². The van der Waals surface area contributed by atoms with E-state index in [1.807, 2.05) is 36.4 Å². The number of fused-ring (bicyclic) bond motifs is 1. The van der Waals surface area contributed by atoms with Crippen LogP contribution in [0.25, 0.3) is 20.7 Å². The maximum atomic E-state index is 11.3. The quantitative estimate of drug-likeness (QED) is 0.504. The number of hydrogen-bond acceptors (Lipinski definition) is 6. The molecule has 2 aromatic carbocycles. The first kappa shape index (κ1) is 18.5. The molecule has 4 aromatic rings. The topological polar surface area (TPSA) is 98.0 Å². The highest BCUT2D eigenvalue weighted by molar-refractivity contribution is 7.88. The summed E-state index contributed by atoms with van der Waals surface area (Å²) in [5.41, 5.74) is 2.76. The van der Waals surface area contributed by atoms with Crippen LogP contribution in [0, 0.1) is 0 Å². The zero-order chi connectivity index (χ0) is 19.6. The summed E-state index contributed by atoms with van der Waals surface area (Å²) >= 11 is 1.62. The fourth-order valence-electron chi connectivity index (χ4n) is 2.99. The van der Waals surface area contributed by atoms with Crippen molar-refractivity contribution in [2.75, 3.05) is 5.32 Å². The fraction of sp³-hybridized carbons (Fsp3) is 0.100. The van der Waals surface area contributed by atoms with Crippen molar-refractivity contribution in [2.24, 2.45) is 5.14 Å². The predicted molar refractivity (Wildman–Crippen MR) is 113 cm³/mol. The predicted octanol–water partition coefficient (Wildman–Crippen LogP) is 3.76. The molecule has 6 nitrogen and oxygen atoms in total. The van der Waals surface area contributed by atoms with Crippen LogP contribution in [0.2, 0.25) is 0 Å². The molecule has 0 saturated carbocycles. The van der Waals surface area contributed by atoms with E-state index in [2.05, 4.69) is 33.5 Å². The Hall–Kier alpha value is -2.81. The van der Waals surface area contributed by atoms with Gasteiger partial charge in [0.25, 0.3) is 0 Å². The number of rotatable bonds is 6. The van der Waals surface area contributed by atoms with Gasteiger partial charge in [0.15, 0.2) is 0 Å². The molecule has 0 amide bonds.